The normalized spacial score (nSPS) is 13.7. The van der Waals surface area contributed by atoms with Gasteiger partial charge in [0.2, 0.25) is 0 Å². The molecule has 0 saturated carbocycles. The van der Waals surface area contributed by atoms with Gasteiger partial charge in [-0.3, -0.25) is 9.78 Å². The van der Waals surface area contributed by atoms with Crippen molar-refractivity contribution in [3.05, 3.63) is 187 Å². The fourth-order valence-corrected chi connectivity index (χ4v) is 13.1. The van der Waals surface area contributed by atoms with E-state index >= 15 is 0 Å². The van der Waals surface area contributed by atoms with E-state index in [-0.39, 0.29) is 5.78 Å². The van der Waals surface area contributed by atoms with E-state index in [2.05, 4.69) is 154 Å². The first-order valence-corrected chi connectivity index (χ1v) is 17.8. The molecule has 47 heavy (non-hydrogen) atoms. The van der Waals surface area contributed by atoms with Gasteiger partial charge >= 0.3 is 0 Å². The highest BCUT2D eigenvalue weighted by Gasteiger charge is 2.53. The van der Waals surface area contributed by atoms with Gasteiger partial charge in [0, 0.05) is 57.6 Å². The fourth-order valence-electron chi connectivity index (χ4n) is 7.63. The highest BCUT2D eigenvalue weighted by Crippen LogP contribution is 2.43. The van der Waals surface area contributed by atoms with Gasteiger partial charge in [-0.05, 0) is 93.5 Å². The highest BCUT2D eigenvalue weighted by atomic mass is 28.3. The van der Waals surface area contributed by atoms with Crippen LogP contribution in [0, 0.1) is 0 Å². The predicted molar refractivity (Wildman–Crippen MR) is 194 cm³/mol. The van der Waals surface area contributed by atoms with Crippen LogP contribution in [0.5, 0.6) is 0 Å². The van der Waals surface area contributed by atoms with Crippen molar-refractivity contribution < 1.29 is 4.79 Å². The van der Waals surface area contributed by atoms with Crippen LogP contribution in [0.3, 0.4) is 0 Å². The molecule has 0 unspecified atom stereocenters. The molecule has 0 fully saturated rings. The lowest BCUT2D eigenvalue weighted by atomic mass is 10.0. The van der Waals surface area contributed by atoms with Crippen LogP contribution in [0.25, 0.3) is 0 Å². The first-order valence-electron chi connectivity index (χ1n) is 15.8. The largest absolute Gasteiger partial charge is 0.311 e. The van der Waals surface area contributed by atoms with Gasteiger partial charge in [0.25, 0.3) is 0 Å². The second-order valence-electron chi connectivity index (χ2n) is 11.9. The standard InChI is InChI=1S/C42H29N3OSi/c46-42(31-13-12-28-43-29-31)30-24-26-33(27-25-30)45-36-18-6-10-22-40(36)47(41-23-11-7-19-37(41)45)38-20-8-4-16-34(38)44(32-14-2-1-3-15-32)35-17-5-9-21-39(35)47/h1-29H. The van der Waals surface area contributed by atoms with Crippen LogP contribution >= 0.6 is 0 Å². The Morgan fingerprint density at radius 3 is 1.30 bits per heavy atom. The van der Waals surface area contributed by atoms with Crippen LogP contribution < -0.4 is 30.5 Å². The van der Waals surface area contributed by atoms with Gasteiger partial charge in [-0.25, -0.2) is 0 Å². The maximum absolute atomic E-state index is 13.2. The van der Waals surface area contributed by atoms with Crippen molar-refractivity contribution >= 4 is 68.7 Å². The third-order valence-corrected chi connectivity index (χ3v) is 14.4. The van der Waals surface area contributed by atoms with Crippen LogP contribution in [0.2, 0.25) is 0 Å². The number of carbonyl (C=O) groups excluding carboxylic acids is 1. The number of anilines is 6. The number of fused-ring (bicyclic) bond motifs is 8. The molecule has 0 amide bonds. The number of pyridine rings is 1. The Bertz CT molecular complexity index is 2190. The zero-order chi connectivity index (χ0) is 31.4. The summed E-state index contributed by atoms with van der Waals surface area (Å²) in [5.41, 5.74) is 8.17. The average Bonchev–Trinajstić information content (AvgIpc) is 3.15. The lowest BCUT2D eigenvalue weighted by Gasteiger charge is -2.50. The molecule has 2 aliphatic rings. The predicted octanol–water partition coefficient (Wildman–Crippen LogP) is 7.26. The zero-order valence-corrected chi connectivity index (χ0v) is 26.5. The number of benzene rings is 6. The molecule has 9 rings (SSSR count). The maximum Gasteiger partial charge on any atom is 0.194 e. The molecule has 6 aromatic carbocycles. The Morgan fingerprint density at radius 2 is 0.851 bits per heavy atom. The monoisotopic (exact) mass is 619 g/mol. The van der Waals surface area contributed by atoms with Crippen molar-refractivity contribution in [2.45, 2.75) is 0 Å². The molecule has 0 atom stereocenters. The minimum atomic E-state index is -2.82. The Morgan fingerprint density at radius 1 is 0.426 bits per heavy atom. The SMILES string of the molecule is O=C(c1ccc(N2c3ccccc3[Si]3(c4ccccc4N(c4ccccc4)c4ccccc43)c3ccccc32)cc1)c1cccnc1. The van der Waals surface area contributed by atoms with Crippen LogP contribution in [-0.2, 0) is 0 Å². The molecular formula is C42H29N3OSi. The first-order chi connectivity index (χ1) is 23.3. The summed E-state index contributed by atoms with van der Waals surface area (Å²) in [6.45, 7) is 0. The molecule has 0 saturated heterocycles. The van der Waals surface area contributed by atoms with Crippen molar-refractivity contribution in [3.63, 3.8) is 0 Å². The summed E-state index contributed by atoms with van der Waals surface area (Å²) >= 11 is 0. The van der Waals surface area contributed by atoms with Gasteiger partial charge in [0.15, 0.2) is 13.9 Å². The molecule has 0 N–H and O–H groups in total. The van der Waals surface area contributed by atoms with Crippen molar-refractivity contribution in [1.82, 2.24) is 4.98 Å². The summed E-state index contributed by atoms with van der Waals surface area (Å²) < 4.78 is 0. The molecule has 1 spiro atoms. The summed E-state index contributed by atoms with van der Waals surface area (Å²) in [6, 6.07) is 58.1. The molecule has 0 bridgehead atoms. The number of hydrogen-bond acceptors (Lipinski definition) is 4. The fraction of sp³-hybridized carbons (Fsp3) is 0. The van der Waals surface area contributed by atoms with Gasteiger partial charge < -0.3 is 9.80 Å². The van der Waals surface area contributed by atoms with E-state index in [0.29, 0.717) is 11.1 Å². The molecule has 3 heterocycles. The minimum Gasteiger partial charge on any atom is -0.311 e. The minimum absolute atomic E-state index is 0.0335. The van der Waals surface area contributed by atoms with Crippen LogP contribution in [0.15, 0.2) is 176 Å². The van der Waals surface area contributed by atoms with Gasteiger partial charge in [-0.15, -0.1) is 0 Å². The van der Waals surface area contributed by atoms with Crippen LogP contribution in [0.4, 0.5) is 34.1 Å². The number of rotatable bonds is 4. The lowest BCUT2D eigenvalue weighted by Crippen LogP contribution is -2.79. The summed E-state index contributed by atoms with van der Waals surface area (Å²) in [5, 5.41) is 5.45. The van der Waals surface area contributed by atoms with Crippen molar-refractivity contribution in [2.24, 2.45) is 0 Å². The molecule has 5 heteroatoms. The van der Waals surface area contributed by atoms with E-state index < -0.39 is 8.07 Å². The van der Waals surface area contributed by atoms with Crippen molar-refractivity contribution in [3.8, 4) is 0 Å². The van der Waals surface area contributed by atoms with Crippen LogP contribution in [0.1, 0.15) is 15.9 Å². The van der Waals surface area contributed by atoms with E-state index in [4.69, 9.17) is 0 Å². The topological polar surface area (TPSA) is 36.4 Å². The molecule has 4 nitrogen and oxygen atoms in total. The third-order valence-electron chi connectivity index (χ3n) is 9.52. The Balaban J connectivity index is 1.29. The Labute approximate surface area is 274 Å². The summed E-state index contributed by atoms with van der Waals surface area (Å²) in [4.78, 5) is 22.2. The van der Waals surface area contributed by atoms with Crippen molar-refractivity contribution in [1.29, 1.82) is 0 Å². The summed E-state index contributed by atoms with van der Waals surface area (Å²) in [7, 11) is -2.82. The Hall–Kier alpha value is -6.04. The number of para-hydroxylation sites is 5. The first kappa shape index (κ1) is 27.3. The third kappa shape index (κ3) is 4.00. The molecule has 222 valence electrons. The Kier molecular flexibility index (Phi) is 6.27. The number of ketones is 1. The molecular weight excluding hydrogens is 591 g/mol. The molecule has 0 radical (unpaired) electrons. The number of nitrogens with zero attached hydrogens (tertiary/aromatic N) is 3. The van der Waals surface area contributed by atoms with E-state index in [0.717, 1.165) is 11.4 Å². The van der Waals surface area contributed by atoms with E-state index in [1.165, 1.54) is 43.5 Å². The molecule has 7 aromatic rings. The van der Waals surface area contributed by atoms with E-state index in [1.807, 2.05) is 18.2 Å². The quantitative estimate of drug-likeness (QED) is 0.154. The van der Waals surface area contributed by atoms with Gasteiger partial charge in [0.05, 0.1) is 0 Å². The second kappa shape index (κ2) is 10.8. The number of aromatic nitrogens is 1. The molecule has 2 aliphatic heterocycles. The number of hydrogen-bond donors (Lipinski definition) is 0. The summed E-state index contributed by atoms with van der Waals surface area (Å²) in [6.07, 6.45) is 3.31. The van der Waals surface area contributed by atoms with Gasteiger partial charge in [-0.2, -0.15) is 0 Å². The van der Waals surface area contributed by atoms with Gasteiger partial charge in [0.1, 0.15) is 0 Å². The average molecular weight is 620 g/mol. The molecule has 1 aromatic heterocycles. The number of carbonyl (C=O) groups is 1. The maximum atomic E-state index is 13.2. The second-order valence-corrected chi connectivity index (χ2v) is 15.6. The van der Waals surface area contributed by atoms with Crippen LogP contribution in [-0.4, -0.2) is 18.8 Å². The van der Waals surface area contributed by atoms with E-state index in [9.17, 15) is 4.79 Å². The zero-order valence-electron chi connectivity index (χ0n) is 25.5. The molecule has 0 aliphatic carbocycles. The summed E-state index contributed by atoms with van der Waals surface area (Å²) in [5.74, 6) is -0.0335. The lowest BCUT2D eigenvalue weighted by molar-refractivity contribution is 0.103. The highest BCUT2D eigenvalue weighted by molar-refractivity contribution is 7.23. The smallest absolute Gasteiger partial charge is 0.194 e. The van der Waals surface area contributed by atoms with E-state index in [1.54, 1.807) is 18.5 Å². The van der Waals surface area contributed by atoms with Crippen molar-refractivity contribution in [2.75, 3.05) is 9.80 Å². The van der Waals surface area contributed by atoms with Gasteiger partial charge in [-0.1, -0.05) is 91.0 Å².